The van der Waals surface area contributed by atoms with Gasteiger partial charge in [0.05, 0.1) is 10.7 Å². The largest absolute Gasteiger partial charge is 0.487 e. The van der Waals surface area contributed by atoms with Crippen molar-refractivity contribution in [2.24, 2.45) is 0 Å². The van der Waals surface area contributed by atoms with Crippen molar-refractivity contribution in [2.45, 2.75) is 13.5 Å². The molecular formula is C12H11NO2S. The van der Waals surface area contributed by atoms with Crippen LogP contribution in [0.3, 0.4) is 0 Å². The predicted molar refractivity (Wildman–Crippen MR) is 63.0 cm³/mol. The molecule has 0 radical (unpaired) electrons. The molecule has 0 fully saturated rings. The molecule has 2 aromatic rings. The molecule has 0 aliphatic rings. The SMILES string of the molecule is Cc1nc(COc2ccc(C=O)cc2)cs1. The molecule has 0 saturated heterocycles. The number of hydrogen-bond donors (Lipinski definition) is 0. The summed E-state index contributed by atoms with van der Waals surface area (Å²) in [7, 11) is 0. The van der Waals surface area contributed by atoms with E-state index in [1.165, 1.54) is 0 Å². The van der Waals surface area contributed by atoms with Crippen molar-refractivity contribution < 1.29 is 9.53 Å². The van der Waals surface area contributed by atoms with Crippen LogP contribution in [0.4, 0.5) is 0 Å². The van der Waals surface area contributed by atoms with E-state index in [4.69, 9.17) is 4.74 Å². The van der Waals surface area contributed by atoms with Crippen molar-refractivity contribution in [3.8, 4) is 5.75 Å². The van der Waals surface area contributed by atoms with Crippen molar-refractivity contribution in [2.75, 3.05) is 0 Å². The fourth-order valence-electron chi connectivity index (χ4n) is 1.27. The number of carbonyl (C=O) groups is 1. The van der Waals surface area contributed by atoms with Crippen LogP contribution in [0.15, 0.2) is 29.6 Å². The van der Waals surface area contributed by atoms with Gasteiger partial charge in [-0.15, -0.1) is 11.3 Å². The first-order valence-corrected chi connectivity index (χ1v) is 5.75. The van der Waals surface area contributed by atoms with Crippen LogP contribution in [0.1, 0.15) is 21.1 Å². The highest BCUT2D eigenvalue weighted by atomic mass is 32.1. The first kappa shape index (κ1) is 10.8. The van der Waals surface area contributed by atoms with Crippen LogP contribution >= 0.6 is 11.3 Å². The first-order valence-electron chi connectivity index (χ1n) is 4.87. The van der Waals surface area contributed by atoms with Gasteiger partial charge in [-0.25, -0.2) is 4.98 Å². The number of thiazole rings is 1. The Kier molecular flexibility index (Phi) is 3.31. The fourth-order valence-corrected chi connectivity index (χ4v) is 1.87. The Labute approximate surface area is 97.7 Å². The molecule has 0 saturated carbocycles. The molecule has 0 aliphatic carbocycles. The Balaban J connectivity index is 1.96. The lowest BCUT2D eigenvalue weighted by atomic mass is 10.2. The van der Waals surface area contributed by atoms with Gasteiger partial charge >= 0.3 is 0 Å². The quantitative estimate of drug-likeness (QED) is 0.762. The van der Waals surface area contributed by atoms with E-state index in [1.54, 1.807) is 35.6 Å². The molecule has 0 unspecified atom stereocenters. The summed E-state index contributed by atoms with van der Waals surface area (Å²) in [5.74, 6) is 0.747. The molecule has 4 heteroatoms. The van der Waals surface area contributed by atoms with Gasteiger partial charge in [-0.3, -0.25) is 4.79 Å². The lowest BCUT2D eigenvalue weighted by Gasteiger charge is -2.03. The molecule has 1 aromatic carbocycles. The van der Waals surface area contributed by atoms with Crippen LogP contribution < -0.4 is 4.74 Å². The highest BCUT2D eigenvalue weighted by molar-refractivity contribution is 7.09. The van der Waals surface area contributed by atoms with Crippen LogP contribution in [0.2, 0.25) is 0 Å². The summed E-state index contributed by atoms with van der Waals surface area (Å²) in [6.07, 6.45) is 0.813. The van der Waals surface area contributed by atoms with Gasteiger partial charge in [0, 0.05) is 10.9 Å². The molecule has 3 nitrogen and oxygen atoms in total. The fraction of sp³-hybridized carbons (Fsp3) is 0.167. The minimum Gasteiger partial charge on any atom is -0.487 e. The minimum absolute atomic E-state index is 0.463. The molecule has 0 aliphatic heterocycles. The maximum atomic E-state index is 10.5. The molecular weight excluding hydrogens is 222 g/mol. The molecule has 0 bridgehead atoms. The Morgan fingerprint density at radius 3 is 2.69 bits per heavy atom. The predicted octanol–water partition coefficient (Wildman–Crippen LogP) is 2.84. The third kappa shape index (κ3) is 2.67. The zero-order chi connectivity index (χ0) is 11.4. The average molecular weight is 233 g/mol. The molecule has 0 spiro atoms. The topological polar surface area (TPSA) is 39.2 Å². The standard InChI is InChI=1S/C12H11NO2S/c1-9-13-11(8-16-9)7-15-12-4-2-10(6-14)3-5-12/h2-6,8H,7H2,1H3. The number of aromatic nitrogens is 1. The van der Waals surface area contributed by atoms with Crippen LogP contribution in [-0.2, 0) is 6.61 Å². The van der Waals surface area contributed by atoms with Crippen LogP contribution in [0.25, 0.3) is 0 Å². The molecule has 82 valence electrons. The second-order valence-electron chi connectivity index (χ2n) is 3.33. The summed E-state index contributed by atoms with van der Waals surface area (Å²) < 4.78 is 5.53. The Morgan fingerprint density at radius 1 is 1.38 bits per heavy atom. The van der Waals surface area contributed by atoms with Gasteiger partial charge in [-0.1, -0.05) is 0 Å². The second kappa shape index (κ2) is 4.90. The first-order chi connectivity index (χ1) is 7.78. The molecule has 0 atom stereocenters. The number of hydrogen-bond acceptors (Lipinski definition) is 4. The van der Waals surface area contributed by atoms with Gasteiger partial charge < -0.3 is 4.74 Å². The van der Waals surface area contributed by atoms with Gasteiger partial charge in [0.2, 0.25) is 0 Å². The van der Waals surface area contributed by atoms with Crippen LogP contribution in [-0.4, -0.2) is 11.3 Å². The third-order valence-corrected chi connectivity index (χ3v) is 2.89. The highest BCUT2D eigenvalue weighted by Gasteiger charge is 1.99. The lowest BCUT2D eigenvalue weighted by molar-refractivity contribution is 0.112. The zero-order valence-corrected chi connectivity index (χ0v) is 9.66. The molecule has 0 N–H and O–H groups in total. The van der Waals surface area contributed by atoms with Gasteiger partial charge in [0.1, 0.15) is 18.6 Å². The highest BCUT2D eigenvalue weighted by Crippen LogP contribution is 2.14. The summed E-state index contributed by atoms with van der Waals surface area (Å²) in [6.45, 7) is 2.43. The molecule has 1 aromatic heterocycles. The number of ether oxygens (including phenoxy) is 1. The summed E-state index contributed by atoms with van der Waals surface area (Å²) in [5.41, 5.74) is 1.58. The van der Waals surface area contributed by atoms with E-state index in [9.17, 15) is 4.79 Å². The molecule has 16 heavy (non-hydrogen) atoms. The molecule has 0 amide bonds. The Hall–Kier alpha value is -1.68. The number of benzene rings is 1. The van der Waals surface area contributed by atoms with E-state index >= 15 is 0 Å². The summed E-state index contributed by atoms with van der Waals surface area (Å²) in [4.78, 5) is 14.7. The molecule has 1 heterocycles. The Bertz CT molecular complexity index is 476. The number of aryl methyl sites for hydroxylation is 1. The van der Waals surface area contributed by atoms with Crippen molar-refractivity contribution in [3.05, 3.63) is 45.9 Å². The van der Waals surface area contributed by atoms with E-state index in [0.717, 1.165) is 22.7 Å². The number of nitrogens with zero attached hydrogens (tertiary/aromatic N) is 1. The lowest BCUT2D eigenvalue weighted by Crippen LogP contribution is -1.95. The molecule has 2 rings (SSSR count). The second-order valence-corrected chi connectivity index (χ2v) is 4.40. The van der Waals surface area contributed by atoms with Crippen LogP contribution in [0, 0.1) is 6.92 Å². The van der Waals surface area contributed by atoms with E-state index in [-0.39, 0.29) is 0 Å². The summed E-state index contributed by atoms with van der Waals surface area (Å²) in [5, 5.41) is 3.02. The number of carbonyl (C=O) groups excluding carboxylic acids is 1. The van der Waals surface area contributed by atoms with Gasteiger partial charge in [-0.05, 0) is 31.2 Å². The van der Waals surface area contributed by atoms with E-state index < -0.39 is 0 Å². The minimum atomic E-state index is 0.463. The smallest absolute Gasteiger partial charge is 0.150 e. The van der Waals surface area contributed by atoms with Gasteiger partial charge in [-0.2, -0.15) is 0 Å². The normalized spacial score (nSPS) is 10.1. The Morgan fingerprint density at radius 2 is 2.12 bits per heavy atom. The number of aldehydes is 1. The van der Waals surface area contributed by atoms with Crippen molar-refractivity contribution in [1.82, 2.24) is 4.98 Å². The van der Waals surface area contributed by atoms with E-state index in [0.29, 0.717) is 12.2 Å². The van der Waals surface area contributed by atoms with Gasteiger partial charge in [0.15, 0.2) is 0 Å². The number of rotatable bonds is 4. The van der Waals surface area contributed by atoms with Crippen LogP contribution in [0.5, 0.6) is 5.75 Å². The average Bonchev–Trinajstić information content (AvgIpc) is 2.73. The van der Waals surface area contributed by atoms with Gasteiger partial charge in [0.25, 0.3) is 0 Å². The third-order valence-electron chi connectivity index (χ3n) is 2.07. The van der Waals surface area contributed by atoms with E-state index in [1.807, 2.05) is 12.3 Å². The maximum Gasteiger partial charge on any atom is 0.150 e. The summed E-state index contributed by atoms with van der Waals surface area (Å²) in [6, 6.07) is 7.02. The summed E-state index contributed by atoms with van der Waals surface area (Å²) >= 11 is 1.61. The van der Waals surface area contributed by atoms with Crippen molar-refractivity contribution >= 4 is 17.6 Å². The van der Waals surface area contributed by atoms with Crippen molar-refractivity contribution in [3.63, 3.8) is 0 Å². The van der Waals surface area contributed by atoms with Crippen molar-refractivity contribution in [1.29, 1.82) is 0 Å². The monoisotopic (exact) mass is 233 g/mol. The van der Waals surface area contributed by atoms with E-state index in [2.05, 4.69) is 4.98 Å². The maximum absolute atomic E-state index is 10.5. The zero-order valence-electron chi connectivity index (χ0n) is 8.84.